The quantitative estimate of drug-likeness (QED) is 0.810. The number of rotatable bonds is 3. The lowest BCUT2D eigenvalue weighted by Crippen LogP contribution is -2.22. The van der Waals surface area contributed by atoms with Gasteiger partial charge in [-0.3, -0.25) is 9.67 Å². The molecule has 0 amide bonds. The summed E-state index contributed by atoms with van der Waals surface area (Å²) in [6, 6.07) is 5.51. The molecule has 0 aliphatic carbocycles. The Morgan fingerprint density at radius 2 is 2.05 bits per heavy atom. The highest BCUT2D eigenvalue weighted by atomic mass is 35.5. The van der Waals surface area contributed by atoms with Crippen LogP contribution in [-0.4, -0.2) is 22.0 Å². The van der Waals surface area contributed by atoms with Crippen molar-refractivity contribution in [2.24, 2.45) is 12.0 Å². The number of carboxylic acid groups (broad SMARTS) is 1. The lowest BCUT2D eigenvalue weighted by atomic mass is 10.2. The van der Waals surface area contributed by atoms with Gasteiger partial charge in [0.15, 0.2) is 5.69 Å². The van der Waals surface area contributed by atoms with Crippen LogP contribution in [-0.2, 0) is 13.2 Å². The highest BCUT2D eigenvalue weighted by molar-refractivity contribution is 6.32. The number of aryl methyl sites for hydroxylation is 1. The van der Waals surface area contributed by atoms with Crippen molar-refractivity contribution >= 4 is 29.5 Å². The largest absolute Gasteiger partial charge is 0.545 e. The maximum absolute atomic E-state index is 12.9. The van der Waals surface area contributed by atoms with Gasteiger partial charge in [-0.1, -0.05) is 29.8 Å². The summed E-state index contributed by atoms with van der Waals surface area (Å²) in [7, 11) is 1.25. The summed E-state index contributed by atoms with van der Waals surface area (Å²) < 4.78 is 39.5. The first-order chi connectivity index (χ1) is 10.2. The van der Waals surface area contributed by atoms with Crippen LogP contribution in [0.4, 0.5) is 18.9 Å². The van der Waals surface area contributed by atoms with Crippen molar-refractivity contribution < 1.29 is 23.1 Å². The first kappa shape index (κ1) is 16.0. The number of para-hydroxylation sites is 1. The Labute approximate surface area is 127 Å². The normalized spacial score (nSPS) is 12.0. The molecule has 9 heteroatoms. The number of benzene rings is 1. The van der Waals surface area contributed by atoms with Crippen molar-refractivity contribution in [1.82, 2.24) is 9.78 Å². The molecule has 2 aromatic rings. The summed E-state index contributed by atoms with van der Waals surface area (Å²) in [5, 5.41) is 14.0. The predicted octanol–water partition coefficient (Wildman–Crippen LogP) is 2.21. The van der Waals surface area contributed by atoms with Crippen LogP contribution in [0.25, 0.3) is 0 Å². The number of nitrogens with zero attached hydrogens (tertiary/aromatic N) is 3. The van der Waals surface area contributed by atoms with Gasteiger partial charge in [0, 0.05) is 18.8 Å². The topological polar surface area (TPSA) is 70.3 Å². The number of aromatic carboxylic acids is 1. The Morgan fingerprint density at radius 1 is 1.41 bits per heavy atom. The molecule has 2 rings (SSSR count). The van der Waals surface area contributed by atoms with Crippen molar-refractivity contribution in [3.63, 3.8) is 0 Å². The van der Waals surface area contributed by atoms with E-state index in [9.17, 15) is 23.1 Å². The van der Waals surface area contributed by atoms with E-state index >= 15 is 0 Å². The number of aliphatic imine (C=N–C) groups is 1. The average Bonchev–Trinajstić information content (AvgIpc) is 2.73. The van der Waals surface area contributed by atoms with Crippen LogP contribution in [0.15, 0.2) is 29.3 Å². The Morgan fingerprint density at radius 3 is 2.64 bits per heavy atom. The second-order valence-corrected chi connectivity index (χ2v) is 4.60. The van der Waals surface area contributed by atoms with Crippen molar-refractivity contribution in [3.05, 3.63) is 46.2 Å². The second-order valence-electron chi connectivity index (χ2n) is 4.24. The van der Waals surface area contributed by atoms with E-state index in [0.29, 0.717) is 0 Å². The molecule has 0 atom stereocenters. The van der Waals surface area contributed by atoms with Crippen molar-refractivity contribution in [2.75, 3.05) is 0 Å². The molecular weight excluding hydrogens is 323 g/mol. The molecule has 5 nitrogen and oxygen atoms in total. The number of carboxylic acids is 1. The number of carbonyl (C=O) groups is 1. The number of alkyl halides is 3. The van der Waals surface area contributed by atoms with Crippen molar-refractivity contribution in [1.29, 1.82) is 0 Å². The Bertz CT molecular complexity index is 753. The van der Waals surface area contributed by atoms with Crippen LogP contribution < -0.4 is 5.11 Å². The molecule has 0 spiro atoms. The van der Waals surface area contributed by atoms with E-state index in [4.69, 9.17) is 11.6 Å². The fraction of sp³-hybridized carbons (Fsp3) is 0.154. The maximum Gasteiger partial charge on any atom is 0.435 e. The van der Waals surface area contributed by atoms with E-state index in [2.05, 4.69) is 10.1 Å². The van der Waals surface area contributed by atoms with Gasteiger partial charge in [-0.15, -0.1) is 0 Å². The van der Waals surface area contributed by atoms with Crippen LogP contribution in [0, 0.1) is 0 Å². The highest BCUT2D eigenvalue weighted by Crippen LogP contribution is 2.33. The van der Waals surface area contributed by atoms with Crippen molar-refractivity contribution in [2.45, 2.75) is 6.18 Å². The van der Waals surface area contributed by atoms with E-state index in [-0.39, 0.29) is 16.4 Å². The molecule has 0 saturated heterocycles. The van der Waals surface area contributed by atoms with Crippen LogP contribution in [0.2, 0.25) is 5.15 Å². The predicted molar refractivity (Wildman–Crippen MR) is 71.2 cm³/mol. The van der Waals surface area contributed by atoms with Gasteiger partial charge in [0.2, 0.25) is 0 Å². The Hall–Kier alpha value is -2.35. The third-order valence-electron chi connectivity index (χ3n) is 2.74. The van der Waals surface area contributed by atoms with Gasteiger partial charge in [-0.25, -0.2) is 0 Å². The summed E-state index contributed by atoms with van der Waals surface area (Å²) in [6.45, 7) is 0. The molecule has 1 heterocycles. The Kier molecular flexibility index (Phi) is 4.23. The smallest absolute Gasteiger partial charge is 0.435 e. The van der Waals surface area contributed by atoms with Gasteiger partial charge in [-0.05, 0) is 6.07 Å². The second kappa shape index (κ2) is 5.80. The average molecular weight is 331 g/mol. The number of halogens is 4. The van der Waals surface area contributed by atoms with Gasteiger partial charge < -0.3 is 9.90 Å². The summed E-state index contributed by atoms with van der Waals surface area (Å²) in [6.07, 6.45) is -3.87. The first-order valence-corrected chi connectivity index (χ1v) is 6.23. The van der Waals surface area contributed by atoms with Gasteiger partial charge >= 0.3 is 6.18 Å². The number of hydrogen-bond donors (Lipinski definition) is 0. The number of carbonyl (C=O) groups excluding carboxylic acids is 1. The molecule has 0 unspecified atom stereocenters. The maximum atomic E-state index is 12.9. The van der Waals surface area contributed by atoms with E-state index < -0.39 is 23.4 Å². The van der Waals surface area contributed by atoms with Crippen LogP contribution in [0.5, 0.6) is 0 Å². The summed E-state index contributed by atoms with van der Waals surface area (Å²) in [5.74, 6) is -1.49. The molecule has 0 N–H and O–H groups in total. The fourth-order valence-electron chi connectivity index (χ4n) is 1.74. The lowest BCUT2D eigenvalue weighted by molar-refractivity contribution is -0.254. The van der Waals surface area contributed by atoms with Crippen LogP contribution >= 0.6 is 11.6 Å². The van der Waals surface area contributed by atoms with E-state index in [1.165, 1.54) is 31.3 Å². The zero-order chi connectivity index (χ0) is 16.5. The van der Waals surface area contributed by atoms with E-state index in [1.807, 2.05) is 0 Å². The van der Waals surface area contributed by atoms with Gasteiger partial charge in [0.1, 0.15) is 5.15 Å². The first-order valence-electron chi connectivity index (χ1n) is 5.86. The lowest BCUT2D eigenvalue weighted by Gasteiger charge is -2.06. The van der Waals surface area contributed by atoms with Gasteiger partial charge in [-0.2, -0.15) is 18.3 Å². The zero-order valence-electron chi connectivity index (χ0n) is 11.1. The van der Waals surface area contributed by atoms with Gasteiger partial charge in [0.05, 0.1) is 17.2 Å². The third kappa shape index (κ3) is 3.11. The summed E-state index contributed by atoms with van der Waals surface area (Å²) >= 11 is 5.77. The van der Waals surface area contributed by atoms with Crippen molar-refractivity contribution in [3.8, 4) is 0 Å². The molecule has 0 aliphatic rings. The number of aromatic nitrogens is 2. The molecule has 0 fully saturated rings. The minimum Gasteiger partial charge on any atom is -0.545 e. The standard InChI is InChI=1S/C13H9ClF3N3O2/c1-20-11(14)8(10(19-20)13(15,16)17)6-18-9-5-3-2-4-7(9)12(21)22/h2-6H,1H3,(H,21,22)/p-1. The minimum atomic E-state index is -4.71. The molecule has 116 valence electrons. The van der Waals surface area contributed by atoms with Crippen LogP contribution in [0.1, 0.15) is 21.6 Å². The Balaban J connectivity index is 2.50. The summed E-state index contributed by atoms with van der Waals surface area (Å²) in [4.78, 5) is 14.7. The molecule has 1 aromatic heterocycles. The highest BCUT2D eigenvalue weighted by Gasteiger charge is 2.38. The molecule has 0 saturated carbocycles. The molecule has 0 bridgehead atoms. The summed E-state index contributed by atoms with van der Waals surface area (Å²) in [5.41, 5.74) is -1.93. The van der Waals surface area contributed by atoms with E-state index in [1.54, 1.807) is 0 Å². The fourth-order valence-corrected chi connectivity index (χ4v) is 1.91. The SMILES string of the molecule is Cn1nc(C(F)(F)F)c(C=Nc2ccccc2C(=O)[O-])c1Cl. The monoisotopic (exact) mass is 330 g/mol. The molecule has 0 aliphatic heterocycles. The van der Waals surface area contributed by atoms with E-state index in [0.717, 1.165) is 10.9 Å². The molecule has 0 radical (unpaired) electrons. The van der Waals surface area contributed by atoms with Crippen LogP contribution in [0.3, 0.4) is 0 Å². The third-order valence-corrected chi connectivity index (χ3v) is 3.18. The molecular formula is C13H8ClF3N3O2-. The van der Waals surface area contributed by atoms with Gasteiger partial charge in [0.25, 0.3) is 0 Å². The molecule has 22 heavy (non-hydrogen) atoms. The molecule has 1 aromatic carbocycles. The zero-order valence-corrected chi connectivity index (χ0v) is 11.8. The minimum absolute atomic E-state index is 0.0458. The number of hydrogen-bond acceptors (Lipinski definition) is 4.